The molecule has 0 aliphatic carbocycles. The molecule has 0 aliphatic rings. The summed E-state index contributed by atoms with van der Waals surface area (Å²) in [6, 6.07) is 7.08. The summed E-state index contributed by atoms with van der Waals surface area (Å²) >= 11 is 0. The maximum atomic E-state index is 11.1. The number of carbonyl (C=O) groups excluding carboxylic acids is 1. The normalized spacial score (nSPS) is 10.4. The van der Waals surface area contributed by atoms with E-state index in [0.29, 0.717) is 12.2 Å². The Morgan fingerprint density at radius 1 is 1.28 bits per heavy atom. The Bertz CT molecular complexity index is 535. The van der Waals surface area contributed by atoms with Crippen molar-refractivity contribution < 1.29 is 14.1 Å². The minimum atomic E-state index is 0.0484. The van der Waals surface area contributed by atoms with Crippen molar-refractivity contribution >= 4 is 5.78 Å². The van der Waals surface area contributed by atoms with E-state index in [4.69, 9.17) is 9.26 Å². The number of ether oxygens (including phenoxy) is 1. The molecule has 0 unspecified atom stereocenters. The lowest BCUT2D eigenvalue weighted by atomic mass is 10.1. The number of hydrogen-bond donors (Lipinski definition) is 0. The van der Waals surface area contributed by atoms with Gasteiger partial charge in [-0.05, 0) is 45.0 Å². The molecule has 2 aromatic rings. The summed E-state index contributed by atoms with van der Waals surface area (Å²) < 4.78 is 10.7. The molecule has 0 saturated heterocycles. The molecular weight excluding hydrogens is 230 g/mol. The van der Waals surface area contributed by atoms with Gasteiger partial charge >= 0.3 is 0 Å². The average Bonchev–Trinajstić information content (AvgIpc) is 2.67. The first kappa shape index (κ1) is 12.4. The zero-order valence-electron chi connectivity index (χ0n) is 10.7. The zero-order valence-corrected chi connectivity index (χ0v) is 10.7. The van der Waals surface area contributed by atoms with Gasteiger partial charge in [0.25, 0.3) is 0 Å². The summed E-state index contributed by atoms with van der Waals surface area (Å²) in [5, 5.41) is 3.87. The second-order valence-corrected chi connectivity index (χ2v) is 4.17. The molecule has 1 aromatic carbocycles. The van der Waals surface area contributed by atoms with E-state index in [1.54, 1.807) is 31.2 Å². The van der Waals surface area contributed by atoms with Crippen LogP contribution in [0, 0.1) is 13.8 Å². The van der Waals surface area contributed by atoms with Crippen molar-refractivity contribution in [2.75, 3.05) is 0 Å². The molecule has 0 fully saturated rings. The number of aromatic nitrogens is 1. The quantitative estimate of drug-likeness (QED) is 0.777. The number of nitrogens with zero attached hydrogens (tertiary/aromatic N) is 1. The molecule has 0 saturated carbocycles. The maximum Gasteiger partial charge on any atom is 0.159 e. The van der Waals surface area contributed by atoms with Crippen molar-refractivity contribution in [3.05, 3.63) is 46.8 Å². The van der Waals surface area contributed by atoms with Gasteiger partial charge in [0, 0.05) is 5.56 Å². The molecule has 0 bridgehead atoms. The Balaban J connectivity index is 2.04. The van der Waals surface area contributed by atoms with Crippen LogP contribution in [-0.4, -0.2) is 10.9 Å². The molecular formula is C14H15NO3. The molecule has 4 nitrogen and oxygen atoms in total. The molecule has 0 atom stereocenters. The van der Waals surface area contributed by atoms with Gasteiger partial charge in [0.05, 0.1) is 11.3 Å². The first-order valence-corrected chi connectivity index (χ1v) is 5.73. The van der Waals surface area contributed by atoms with Crippen molar-refractivity contribution in [1.82, 2.24) is 5.16 Å². The number of ketones is 1. The molecule has 1 aromatic heterocycles. The fourth-order valence-electron chi connectivity index (χ4n) is 1.65. The number of hydrogen-bond acceptors (Lipinski definition) is 4. The first-order chi connectivity index (χ1) is 8.58. The van der Waals surface area contributed by atoms with Gasteiger partial charge in [-0.3, -0.25) is 4.79 Å². The number of Topliss-reactive ketones (excluding diaryl/α,β-unsaturated/α-hetero) is 1. The van der Waals surface area contributed by atoms with Crippen LogP contribution in [0.25, 0.3) is 0 Å². The monoisotopic (exact) mass is 245 g/mol. The first-order valence-electron chi connectivity index (χ1n) is 5.73. The van der Waals surface area contributed by atoms with Gasteiger partial charge in [0.1, 0.15) is 18.1 Å². The third-order valence-electron chi connectivity index (χ3n) is 2.83. The Labute approximate surface area is 106 Å². The van der Waals surface area contributed by atoms with Crippen molar-refractivity contribution in [3.8, 4) is 5.75 Å². The van der Waals surface area contributed by atoms with Gasteiger partial charge in [-0.15, -0.1) is 0 Å². The van der Waals surface area contributed by atoms with E-state index in [1.165, 1.54) is 0 Å². The van der Waals surface area contributed by atoms with Crippen molar-refractivity contribution in [3.63, 3.8) is 0 Å². The van der Waals surface area contributed by atoms with Gasteiger partial charge in [-0.1, -0.05) is 5.16 Å². The molecule has 1 heterocycles. The number of benzene rings is 1. The van der Waals surface area contributed by atoms with Gasteiger partial charge in [0.15, 0.2) is 5.78 Å². The smallest absolute Gasteiger partial charge is 0.159 e. The molecule has 0 spiro atoms. The lowest BCUT2D eigenvalue weighted by Gasteiger charge is -2.06. The third-order valence-corrected chi connectivity index (χ3v) is 2.83. The van der Waals surface area contributed by atoms with Crippen LogP contribution in [0.2, 0.25) is 0 Å². The zero-order chi connectivity index (χ0) is 13.1. The number of carbonyl (C=O) groups is 1. The van der Waals surface area contributed by atoms with Crippen LogP contribution in [0.5, 0.6) is 5.75 Å². The Morgan fingerprint density at radius 2 is 1.94 bits per heavy atom. The second kappa shape index (κ2) is 5.04. The number of aryl methyl sites for hydroxylation is 2. The fourth-order valence-corrected chi connectivity index (χ4v) is 1.65. The van der Waals surface area contributed by atoms with E-state index in [9.17, 15) is 4.79 Å². The van der Waals surface area contributed by atoms with Crippen LogP contribution in [0.4, 0.5) is 0 Å². The van der Waals surface area contributed by atoms with E-state index in [2.05, 4.69) is 5.16 Å². The highest BCUT2D eigenvalue weighted by Crippen LogP contribution is 2.17. The van der Waals surface area contributed by atoms with Gasteiger partial charge in [-0.25, -0.2) is 0 Å². The molecule has 0 aliphatic heterocycles. The van der Waals surface area contributed by atoms with Crippen LogP contribution in [0.3, 0.4) is 0 Å². The van der Waals surface area contributed by atoms with E-state index in [-0.39, 0.29) is 5.78 Å². The van der Waals surface area contributed by atoms with Crippen LogP contribution in [0.1, 0.15) is 34.3 Å². The molecule has 94 valence electrons. The minimum Gasteiger partial charge on any atom is -0.489 e. The summed E-state index contributed by atoms with van der Waals surface area (Å²) in [4.78, 5) is 11.1. The van der Waals surface area contributed by atoms with Crippen molar-refractivity contribution in [2.45, 2.75) is 27.4 Å². The van der Waals surface area contributed by atoms with E-state index in [1.807, 2.05) is 13.8 Å². The van der Waals surface area contributed by atoms with E-state index in [0.717, 1.165) is 22.8 Å². The molecule has 0 amide bonds. The van der Waals surface area contributed by atoms with Crippen LogP contribution < -0.4 is 4.74 Å². The highest BCUT2D eigenvalue weighted by Gasteiger charge is 2.09. The van der Waals surface area contributed by atoms with E-state index < -0.39 is 0 Å². The van der Waals surface area contributed by atoms with Gasteiger partial charge in [-0.2, -0.15) is 0 Å². The molecule has 0 radical (unpaired) electrons. The van der Waals surface area contributed by atoms with Crippen molar-refractivity contribution in [2.24, 2.45) is 0 Å². The second-order valence-electron chi connectivity index (χ2n) is 4.17. The molecule has 0 N–H and O–H groups in total. The Hall–Kier alpha value is -2.10. The topological polar surface area (TPSA) is 52.3 Å². The number of rotatable bonds is 4. The molecule has 2 rings (SSSR count). The average molecular weight is 245 g/mol. The van der Waals surface area contributed by atoms with Crippen LogP contribution >= 0.6 is 0 Å². The minimum absolute atomic E-state index is 0.0484. The van der Waals surface area contributed by atoms with E-state index >= 15 is 0 Å². The maximum absolute atomic E-state index is 11.1. The fraction of sp³-hybridized carbons (Fsp3) is 0.286. The highest BCUT2D eigenvalue weighted by molar-refractivity contribution is 5.94. The Morgan fingerprint density at radius 3 is 2.44 bits per heavy atom. The standard InChI is InChI=1S/C14H15NO3/c1-9-14(11(3)18-15-9)8-17-13-6-4-12(5-7-13)10(2)16/h4-7H,8H2,1-3H3. The summed E-state index contributed by atoms with van der Waals surface area (Å²) in [6.07, 6.45) is 0. The summed E-state index contributed by atoms with van der Waals surface area (Å²) in [7, 11) is 0. The van der Waals surface area contributed by atoms with Crippen molar-refractivity contribution in [1.29, 1.82) is 0 Å². The predicted octanol–water partition coefficient (Wildman–Crippen LogP) is 3.07. The lowest BCUT2D eigenvalue weighted by Crippen LogP contribution is -1.98. The van der Waals surface area contributed by atoms with Gasteiger partial charge in [0.2, 0.25) is 0 Å². The lowest BCUT2D eigenvalue weighted by molar-refractivity contribution is 0.101. The Kier molecular flexibility index (Phi) is 3.46. The molecule has 4 heteroatoms. The molecule has 18 heavy (non-hydrogen) atoms. The summed E-state index contributed by atoms with van der Waals surface area (Å²) in [6.45, 7) is 5.70. The largest absolute Gasteiger partial charge is 0.489 e. The predicted molar refractivity (Wildman–Crippen MR) is 66.8 cm³/mol. The highest BCUT2D eigenvalue weighted by atomic mass is 16.5. The third kappa shape index (κ3) is 2.59. The summed E-state index contributed by atoms with van der Waals surface area (Å²) in [5.41, 5.74) is 2.48. The van der Waals surface area contributed by atoms with Gasteiger partial charge < -0.3 is 9.26 Å². The SMILES string of the molecule is CC(=O)c1ccc(OCc2c(C)noc2C)cc1. The van der Waals surface area contributed by atoms with Crippen LogP contribution in [0.15, 0.2) is 28.8 Å². The van der Waals surface area contributed by atoms with Crippen LogP contribution in [-0.2, 0) is 6.61 Å². The summed E-state index contributed by atoms with van der Waals surface area (Å²) in [5.74, 6) is 1.54.